The number of hydrogen-bond acceptors (Lipinski definition) is 4. The Morgan fingerprint density at radius 3 is 2.94 bits per heavy atom. The number of nitrogens with two attached hydrogens (primary N) is 1. The highest BCUT2D eigenvalue weighted by Gasteiger charge is 2.37. The minimum absolute atomic E-state index is 0.102. The van der Waals surface area contributed by atoms with Crippen molar-refractivity contribution in [3.8, 4) is 0 Å². The smallest absolute Gasteiger partial charge is 0.251 e. The Kier molecular flexibility index (Phi) is 4.38. The van der Waals surface area contributed by atoms with Crippen molar-refractivity contribution < 1.29 is 9.21 Å². The molecule has 18 heavy (non-hydrogen) atoms. The van der Waals surface area contributed by atoms with Crippen LogP contribution >= 0.6 is 0 Å². The molecule has 1 fully saturated rings. The van der Waals surface area contributed by atoms with Gasteiger partial charge in [0.1, 0.15) is 5.76 Å². The second kappa shape index (κ2) is 6.02. The molecule has 1 aliphatic rings. The first-order chi connectivity index (χ1) is 8.76. The van der Waals surface area contributed by atoms with Gasteiger partial charge in [-0.1, -0.05) is 13.3 Å². The van der Waals surface area contributed by atoms with Crippen molar-refractivity contribution in [1.29, 1.82) is 0 Å². The zero-order valence-electron chi connectivity index (χ0n) is 10.8. The first-order valence-electron chi connectivity index (χ1n) is 6.54. The molecule has 0 saturated heterocycles. The lowest BCUT2D eigenvalue weighted by Gasteiger charge is -2.29. The lowest BCUT2D eigenvalue weighted by molar-refractivity contribution is -0.127. The molecule has 1 aliphatic carbocycles. The van der Waals surface area contributed by atoms with Crippen LogP contribution in [-0.2, 0) is 11.3 Å². The minimum atomic E-state index is -0.155. The van der Waals surface area contributed by atoms with Crippen molar-refractivity contribution in [3.63, 3.8) is 0 Å². The lowest BCUT2D eigenvalue weighted by Crippen LogP contribution is -2.49. The summed E-state index contributed by atoms with van der Waals surface area (Å²) in [6.07, 6.45) is 5.75. The van der Waals surface area contributed by atoms with Crippen molar-refractivity contribution in [2.45, 2.75) is 51.2 Å². The molecule has 1 heterocycles. The molecule has 0 spiro atoms. The highest BCUT2D eigenvalue weighted by atomic mass is 16.3. The Hall–Kier alpha value is -1.33. The van der Waals surface area contributed by atoms with E-state index in [0.29, 0.717) is 12.6 Å². The molecule has 1 unspecified atom stereocenters. The van der Waals surface area contributed by atoms with Gasteiger partial charge >= 0.3 is 0 Å². The van der Waals surface area contributed by atoms with E-state index in [1.807, 2.05) is 12.1 Å². The molecule has 5 nitrogen and oxygen atoms in total. The summed E-state index contributed by atoms with van der Waals surface area (Å²) >= 11 is 0. The third-order valence-electron chi connectivity index (χ3n) is 3.34. The van der Waals surface area contributed by atoms with Gasteiger partial charge in [-0.3, -0.25) is 15.1 Å². The molecule has 1 saturated carbocycles. The van der Waals surface area contributed by atoms with Crippen LogP contribution in [0.5, 0.6) is 0 Å². The second-order valence-corrected chi connectivity index (χ2v) is 4.80. The van der Waals surface area contributed by atoms with E-state index in [9.17, 15) is 4.79 Å². The predicted molar refractivity (Wildman–Crippen MR) is 68.3 cm³/mol. The van der Waals surface area contributed by atoms with Crippen LogP contribution in [0.2, 0.25) is 0 Å². The molecule has 0 aromatic carbocycles. The molecule has 3 N–H and O–H groups in total. The fourth-order valence-corrected chi connectivity index (χ4v) is 2.30. The number of carbonyl (C=O) groups excluding carboxylic acids is 1. The standard InChI is InChI=1S/C13H21N3O2/c1-2-4-12(13(17)15-14)16(10-6-7-10)9-11-5-3-8-18-11/h3,5,8,10,12H,2,4,6-7,9,14H2,1H3,(H,15,17). The summed E-state index contributed by atoms with van der Waals surface area (Å²) in [7, 11) is 0. The predicted octanol–water partition coefficient (Wildman–Crippen LogP) is 1.40. The summed E-state index contributed by atoms with van der Waals surface area (Å²) in [5.41, 5.74) is 2.28. The van der Waals surface area contributed by atoms with Crippen LogP contribution < -0.4 is 11.3 Å². The van der Waals surface area contributed by atoms with Crippen LogP contribution in [0.1, 0.15) is 38.4 Å². The molecule has 1 atom stereocenters. The van der Waals surface area contributed by atoms with E-state index in [1.165, 1.54) is 0 Å². The lowest BCUT2D eigenvalue weighted by atomic mass is 10.1. The molecule has 1 aromatic heterocycles. The van der Waals surface area contributed by atoms with E-state index in [-0.39, 0.29) is 11.9 Å². The number of amides is 1. The Balaban J connectivity index is 2.08. The van der Waals surface area contributed by atoms with Crippen molar-refractivity contribution in [2.75, 3.05) is 0 Å². The van der Waals surface area contributed by atoms with E-state index in [4.69, 9.17) is 10.3 Å². The minimum Gasteiger partial charge on any atom is -0.468 e. The van der Waals surface area contributed by atoms with E-state index in [2.05, 4.69) is 17.2 Å². The zero-order valence-corrected chi connectivity index (χ0v) is 10.8. The molecular weight excluding hydrogens is 230 g/mol. The highest BCUT2D eigenvalue weighted by Crippen LogP contribution is 2.31. The SMILES string of the molecule is CCCC(C(=O)NN)N(Cc1ccco1)C1CC1. The van der Waals surface area contributed by atoms with Crippen LogP contribution in [0, 0.1) is 0 Å². The van der Waals surface area contributed by atoms with Crippen LogP contribution in [0.15, 0.2) is 22.8 Å². The first kappa shape index (κ1) is 13.1. The Morgan fingerprint density at radius 1 is 1.67 bits per heavy atom. The van der Waals surface area contributed by atoms with Gasteiger partial charge in [-0.15, -0.1) is 0 Å². The van der Waals surface area contributed by atoms with Crippen LogP contribution in [0.3, 0.4) is 0 Å². The summed E-state index contributed by atoms with van der Waals surface area (Å²) in [5, 5.41) is 0. The van der Waals surface area contributed by atoms with E-state index in [1.54, 1.807) is 6.26 Å². The maximum absolute atomic E-state index is 11.9. The molecule has 2 rings (SSSR count). The summed E-state index contributed by atoms with van der Waals surface area (Å²) in [6, 6.07) is 4.15. The number of carbonyl (C=O) groups is 1. The molecule has 0 aliphatic heterocycles. The summed E-state index contributed by atoms with van der Waals surface area (Å²) < 4.78 is 5.38. The van der Waals surface area contributed by atoms with Gasteiger partial charge in [0.2, 0.25) is 0 Å². The third-order valence-corrected chi connectivity index (χ3v) is 3.34. The largest absolute Gasteiger partial charge is 0.468 e. The van der Waals surface area contributed by atoms with Gasteiger partial charge in [-0.2, -0.15) is 0 Å². The van der Waals surface area contributed by atoms with E-state index >= 15 is 0 Å². The maximum Gasteiger partial charge on any atom is 0.251 e. The van der Waals surface area contributed by atoms with Gasteiger partial charge in [0.05, 0.1) is 18.8 Å². The van der Waals surface area contributed by atoms with Crippen molar-refractivity contribution >= 4 is 5.91 Å². The maximum atomic E-state index is 11.9. The molecule has 5 heteroatoms. The number of nitrogens with zero attached hydrogens (tertiary/aromatic N) is 1. The van der Waals surface area contributed by atoms with Crippen molar-refractivity contribution in [3.05, 3.63) is 24.2 Å². The van der Waals surface area contributed by atoms with Gasteiger partial charge in [-0.25, -0.2) is 5.84 Å². The number of hydrogen-bond donors (Lipinski definition) is 2. The number of furan rings is 1. The highest BCUT2D eigenvalue weighted by molar-refractivity contribution is 5.81. The monoisotopic (exact) mass is 251 g/mol. The third kappa shape index (κ3) is 3.11. The second-order valence-electron chi connectivity index (χ2n) is 4.80. The van der Waals surface area contributed by atoms with E-state index in [0.717, 1.165) is 31.4 Å². The van der Waals surface area contributed by atoms with Gasteiger partial charge in [-0.05, 0) is 31.4 Å². The Labute approximate surface area is 107 Å². The fraction of sp³-hybridized carbons (Fsp3) is 0.615. The van der Waals surface area contributed by atoms with Crippen molar-refractivity contribution in [1.82, 2.24) is 10.3 Å². The van der Waals surface area contributed by atoms with Gasteiger partial charge in [0.15, 0.2) is 0 Å². The Morgan fingerprint density at radius 2 is 2.44 bits per heavy atom. The summed E-state index contributed by atoms with van der Waals surface area (Å²) in [5.74, 6) is 6.08. The first-order valence-corrected chi connectivity index (χ1v) is 6.54. The molecule has 1 aromatic rings. The van der Waals surface area contributed by atoms with Gasteiger partial charge < -0.3 is 4.42 Å². The summed E-state index contributed by atoms with van der Waals surface area (Å²) in [4.78, 5) is 14.1. The fourth-order valence-electron chi connectivity index (χ4n) is 2.30. The molecule has 0 radical (unpaired) electrons. The van der Waals surface area contributed by atoms with Crippen LogP contribution in [0.4, 0.5) is 0 Å². The molecule has 0 bridgehead atoms. The average molecular weight is 251 g/mol. The number of hydrazine groups is 1. The summed E-state index contributed by atoms with van der Waals surface area (Å²) in [6.45, 7) is 2.75. The number of nitrogens with one attached hydrogen (secondary N) is 1. The normalized spacial score (nSPS) is 16.8. The van der Waals surface area contributed by atoms with E-state index < -0.39 is 0 Å². The van der Waals surface area contributed by atoms with Crippen LogP contribution in [-0.4, -0.2) is 22.9 Å². The topological polar surface area (TPSA) is 71.5 Å². The molecule has 1 amide bonds. The molecular formula is C13H21N3O2. The van der Waals surface area contributed by atoms with Gasteiger partial charge in [0.25, 0.3) is 5.91 Å². The average Bonchev–Trinajstić information content (AvgIpc) is 3.10. The zero-order chi connectivity index (χ0) is 13.0. The quantitative estimate of drug-likeness (QED) is 0.436. The van der Waals surface area contributed by atoms with Crippen molar-refractivity contribution in [2.24, 2.45) is 5.84 Å². The molecule has 100 valence electrons. The Bertz CT molecular complexity index is 374. The van der Waals surface area contributed by atoms with Crippen LogP contribution in [0.25, 0.3) is 0 Å². The van der Waals surface area contributed by atoms with Gasteiger partial charge in [0, 0.05) is 6.04 Å². The number of rotatable bonds is 7.